The molecule has 0 aliphatic heterocycles. The Morgan fingerprint density at radius 1 is 1.15 bits per heavy atom. The first-order chi connectivity index (χ1) is 12.9. The molecule has 4 fully saturated rings. The van der Waals surface area contributed by atoms with Crippen LogP contribution in [0.5, 0.6) is 11.5 Å². The molecule has 5 rings (SSSR count). The number of carboxylic acids is 1. The maximum Gasteiger partial charge on any atom is 0.344 e. The molecular weight excluding hydrogens is 348 g/mol. The standard InChI is InChI=1S/C21H26O6/c1-2-21(14-6-12-5-13(8-14)9-15(21)7-12)27-19(23)11-26-16-3-4-18(22)17(10-16)20(24)25/h3-4,10,12-15,22H,2,5-9,11H2,1H3,(H,24,25)/p-1. The minimum atomic E-state index is -1.31. The summed E-state index contributed by atoms with van der Waals surface area (Å²) in [6, 6.07) is 3.66. The molecule has 0 amide bonds. The first-order valence-corrected chi connectivity index (χ1v) is 9.80. The quantitative estimate of drug-likeness (QED) is 0.770. The Kier molecular flexibility index (Phi) is 4.52. The van der Waals surface area contributed by atoms with Crippen LogP contribution >= 0.6 is 0 Å². The minimum absolute atomic E-state index is 0.180. The SMILES string of the molecule is CCC1(OC(=O)COc2ccc([O-])c(C(=O)O)c2)C2CC3CC(C2)CC1C3. The van der Waals surface area contributed by atoms with E-state index in [0.717, 1.165) is 56.1 Å². The van der Waals surface area contributed by atoms with Crippen LogP contribution in [0.4, 0.5) is 0 Å². The number of ether oxygens (including phenoxy) is 2. The van der Waals surface area contributed by atoms with E-state index in [1.165, 1.54) is 12.5 Å². The molecule has 4 saturated carbocycles. The number of hydrogen-bond acceptors (Lipinski definition) is 5. The zero-order valence-electron chi connectivity index (χ0n) is 15.5. The molecule has 6 heteroatoms. The van der Waals surface area contributed by atoms with E-state index in [0.29, 0.717) is 11.8 Å². The average Bonchev–Trinajstić information content (AvgIpc) is 2.63. The number of hydrogen-bond donors (Lipinski definition) is 1. The lowest BCUT2D eigenvalue weighted by Gasteiger charge is -2.60. The molecule has 0 radical (unpaired) electrons. The topological polar surface area (TPSA) is 95.9 Å². The molecule has 1 N–H and O–H groups in total. The Morgan fingerprint density at radius 3 is 2.33 bits per heavy atom. The second kappa shape index (κ2) is 6.73. The molecule has 0 aromatic heterocycles. The third kappa shape index (κ3) is 3.15. The van der Waals surface area contributed by atoms with Crippen molar-refractivity contribution < 1.29 is 29.3 Å². The highest BCUT2D eigenvalue weighted by molar-refractivity contribution is 5.91. The third-order valence-electron chi connectivity index (χ3n) is 6.91. The van der Waals surface area contributed by atoms with Gasteiger partial charge >= 0.3 is 11.9 Å². The van der Waals surface area contributed by atoms with Crippen LogP contribution in [-0.4, -0.2) is 29.3 Å². The van der Waals surface area contributed by atoms with Gasteiger partial charge in [0.15, 0.2) is 6.61 Å². The summed E-state index contributed by atoms with van der Waals surface area (Å²) >= 11 is 0. The van der Waals surface area contributed by atoms with E-state index in [9.17, 15) is 14.7 Å². The van der Waals surface area contributed by atoms with Crippen molar-refractivity contribution in [3.63, 3.8) is 0 Å². The van der Waals surface area contributed by atoms with Crippen molar-refractivity contribution in [3.05, 3.63) is 23.8 Å². The van der Waals surface area contributed by atoms with Gasteiger partial charge < -0.3 is 19.7 Å². The summed E-state index contributed by atoms with van der Waals surface area (Å²) < 4.78 is 11.5. The first kappa shape index (κ1) is 18.1. The highest BCUT2D eigenvalue weighted by atomic mass is 16.6. The molecule has 1 aromatic carbocycles. The molecule has 0 saturated heterocycles. The van der Waals surface area contributed by atoms with E-state index in [2.05, 4.69) is 6.92 Å². The molecule has 0 atom stereocenters. The van der Waals surface area contributed by atoms with Gasteiger partial charge in [-0.1, -0.05) is 18.7 Å². The van der Waals surface area contributed by atoms with E-state index in [1.807, 2.05) is 0 Å². The number of aromatic carboxylic acids is 1. The normalized spacial score (nSPS) is 33.7. The number of esters is 1. The van der Waals surface area contributed by atoms with Gasteiger partial charge in [-0.15, -0.1) is 0 Å². The van der Waals surface area contributed by atoms with E-state index >= 15 is 0 Å². The van der Waals surface area contributed by atoms with Crippen molar-refractivity contribution in [2.24, 2.45) is 23.7 Å². The zero-order chi connectivity index (χ0) is 19.2. The highest BCUT2D eigenvalue weighted by Crippen LogP contribution is 2.60. The Hall–Kier alpha value is -2.24. The van der Waals surface area contributed by atoms with Crippen molar-refractivity contribution in [1.29, 1.82) is 0 Å². The van der Waals surface area contributed by atoms with E-state index in [-0.39, 0.29) is 23.5 Å². The molecule has 4 aliphatic rings. The molecule has 1 aromatic rings. The van der Waals surface area contributed by atoms with Crippen LogP contribution in [0.25, 0.3) is 0 Å². The van der Waals surface area contributed by atoms with Crippen molar-refractivity contribution in [1.82, 2.24) is 0 Å². The lowest BCUT2D eigenvalue weighted by atomic mass is 9.49. The second-order valence-corrected chi connectivity index (χ2v) is 8.34. The molecular formula is C21H25O6-. The first-order valence-electron chi connectivity index (χ1n) is 9.80. The molecule has 6 nitrogen and oxygen atoms in total. The van der Waals surface area contributed by atoms with Crippen molar-refractivity contribution in [2.45, 2.75) is 51.0 Å². The number of carbonyl (C=O) groups excluding carboxylic acids is 1. The van der Waals surface area contributed by atoms with Gasteiger partial charge in [0.2, 0.25) is 0 Å². The number of rotatable bonds is 6. The zero-order valence-corrected chi connectivity index (χ0v) is 15.5. The van der Waals surface area contributed by atoms with Gasteiger partial charge in [0.05, 0.1) is 5.56 Å². The Balaban J connectivity index is 1.42. The number of benzene rings is 1. The monoisotopic (exact) mass is 373 g/mol. The van der Waals surface area contributed by atoms with Gasteiger partial charge in [-0.2, -0.15) is 0 Å². The Morgan fingerprint density at radius 2 is 1.78 bits per heavy atom. The lowest BCUT2D eigenvalue weighted by molar-refractivity contribution is -0.268. The largest absolute Gasteiger partial charge is 0.872 e. The maximum atomic E-state index is 12.5. The predicted molar refractivity (Wildman–Crippen MR) is 94.5 cm³/mol. The van der Waals surface area contributed by atoms with Crippen LogP contribution in [0.15, 0.2) is 18.2 Å². The van der Waals surface area contributed by atoms with Crippen LogP contribution in [0.3, 0.4) is 0 Å². The summed E-state index contributed by atoms with van der Waals surface area (Å²) in [5, 5.41) is 20.5. The predicted octanol–water partition coefficient (Wildman–Crippen LogP) is 2.99. The van der Waals surface area contributed by atoms with Crippen LogP contribution < -0.4 is 9.84 Å². The van der Waals surface area contributed by atoms with Gasteiger partial charge in [0, 0.05) is 0 Å². The van der Waals surface area contributed by atoms with Crippen molar-refractivity contribution in [2.75, 3.05) is 6.61 Å². The van der Waals surface area contributed by atoms with Gasteiger partial charge in [0.25, 0.3) is 0 Å². The summed E-state index contributed by atoms with van der Waals surface area (Å²) in [6.45, 7) is 1.81. The van der Waals surface area contributed by atoms with Crippen LogP contribution in [0, 0.1) is 23.7 Å². The van der Waals surface area contributed by atoms with E-state index < -0.39 is 17.7 Å². The van der Waals surface area contributed by atoms with Crippen molar-refractivity contribution >= 4 is 11.9 Å². The summed E-state index contributed by atoms with van der Waals surface area (Å²) in [5.74, 6) is 0.334. The van der Waals surface area contributed by atoms with E-state index in [4.69, 9.17) is 14.6 Å². The van der Waals surface area contributed by atoms with E-state index in [1.54, 1.807) is 0 Å². The lowest BCUT2D eigenvalue weighted by Crippen LogP contribution is -2.59. The molecule has 4 bridgehead atoms. The minimum Gasteiger partial charge on any atom is -0.872 e. The molecule has 0 heterocycles. The fourth-order valence-corrected chi connectivity index (χ4v) is 5.95. The van der Waals surface area contributed by atoms with Gasteiger partial charge in [-0.3, -0.25) is 0 Å². The average molecular weight is 373 g/mol. The van der Waals surface area contributed by atoms with Gasteiger partial charge in [-0.05, 0) is 74.3 Å². The van der Waals surface area contributed by atoms with Crippen molar-refractivity contribution in [3.8, 4) is 11.5 Å². The molecule has 4 aliphatic carbocycles. The summed E-state index contributed by atoms with van der Waals surface area (Å²) in [5.41, 5.74) is -0.745. The third-order valence-corrected chi connectivity index (χ3v) is 6.91. The van der Waals surface area contributed by atoms with Crippen LogP contribution in [0.1, 0.15) is 55.8 Å². The van der Waals surface area contributed by atoms with Crippen LogP contribution in [-0.2, 0) is 9.53 Å². The molecule has 0 spiro atoms. The summed E-state index contributed by atoms with van der Waals surface area (Å²) in [4.78, 5) is 23.6. The second-order valence-electron chi connectivity index (χ2n) is 8.34. The Labute approximate surface area is 158 Å². The fourth-order valence-electron chi connectivity index (χ4n) is 5.95. The Bertz CT molecular complexity index is 727. The molecule has 146 valence electrons. The van der Waals surface area contributed by atoms with Gasteiger partial charge in [0.1, 0.15) is 11.4 Å². The smallest absolute Gasteiger partial charge is 0.344 e. The molecule has 0 unspecified atom stereocenters. The highest BCUT2D eigenvalue weighted by Gasteiger charge is 2.58. The summed E-state index contributed by atoms with van der Waals surface area (Å²) in [6.07, 6.45) is 6.78. The maximum absolute atomic E-state index is 12.5. The van der Waals surface area contributed by atoms with Crippen LogP contribution in [0.2, 0.25) is 0 Å². The number of carbonyl (C=O) groups is 2. The fraction of sp³-hybridized carbons (Fsp3) is 0.619. The van der Waals surface area contributed by atoms with Gasteiger partial charge in [-0.25, -0.2) is 9.59 Å². The summed E-state index contributed by atoms with van der Waals surface area (Å²) in [7, 11) is 0. The molecule has 27 heavy (non-hydrogen) atoms. The number of carboxylic acid groups (broad SMARTS) is 1.